The van der Waals surface area contributed by atoms with Gasteiger partial charge in [-0.1, -0.05) is 51.0 Å². The van der Waals surface area contributed by atoms with Crippen LogP contribution in [0.1, 0.15) is 83.4 Å². The van der Waals surface area contributed by atoms with E-state index in [9.17, 15) is 13.0 Å². The van der Waals surface area contributed by atoms with Gasteiger partial charge in [0.2, 0.25) is 5.69 Å². The van der Waals surface area contributed by atoms with E-state index in [1.165, 1.54) is 40.2 Å². The molecule has 0 saturated carbocycles. The second-order valence-electron chi connectivity index (χ2n) is 14.6. The number of allylic oxidation sites excluding steroid dienone is 7. The van der Waals surface area contributed by atoms with Crippen LogP contribution < -0.4 is 4.90 Å². The van der Waals surface area contributed by atoms with Crippen LogP contribution in [-0.2, 0) is 35.2 Å². The zero-order valence-corrected chi connectivity index (χ0v) is 31.9. The quantitative estimate of drug-likeness (QED) is 0.112. The molecule has 0 N–H and O–H groups in total. The Morgan fingerprint density at radius 2 is 1.68 bits per heavy atom. The van der Waals surface area contributed by atoms with Crippen molar-refractivity contribution in [3.05, 3.63) is 100.0 Å². The molecule has 8 nitrogen and oxygen atoms in total. The van der Waals surface area contributed by atoms with Gasteiger partial charge < -0.3 is 23.7 Å². The number of fused-ring (bicyclic) bond motifs is 2. The van der Waals surface area contributed by atoms with Crippen molar-refractivity contribution in [3.63, 3.8) is 0 Å². The predicted octanol–water partition coefficient (Wildman–Crippen LogP) is 7.99. The molecule has 9 heteroatoms. The zero-order chi connectivity index (χ0) is 36.3. The minimum Gasteiger partial charge on any atom is -0.744 e. The standard InChI is InChI=1S/C41H54N2O6S/c1-9-10-24-49-39-30(15-20-37-40(3,4)33-27-29(2)14-18-35(33)42(37)22-25-47-7)12-11-13-31(39)16-21-38-41(5,6)34-28-32(50(44,45)46)17-19-36(34)43(38)23-26-48-8/h14-21,27-28H,9-13,22-26H2,1-8H3. The lowest BCUT2D eigenvalue weighted by molar-refractivity contribution is -0.441. The molecule has 2 aromatic rings. The number of benzene rings is 2. The van der Waals surface area contributed by atoms with Crippen LogP contribution in [0.4, 0.5) is 11.4 Å². The van der Waals surface area contributed by atoms with Crippen LogP contribution in [0.15, 0.2) is 88.2 Å². The Hall–Kier alpha value is -3.50. The third-order valence-electron chi connectivity index (χ3n) is 10.3. The second-order valence-corrected chi connectivity index (χ2v) is 15.9. The molecule has 50 heavy (non-hydrogen) atoms. The highest BCUT2D eigenvalue weighted by molar-refractivity contribution is 7.85. The van der Waals surface area contributed by atoms with Crippen LogP contribution in [0.3, 0.4) is 0 Å². The number of aryl methyl sites for hydroxylation is 1. The normalized spacial score (nSPS) is 20.1. The fourth-order valence-electron chi connectivity index (χ4n) is 7.53. The summed E-state index contributed by atoms with van der Waals surface area (Å²) in [5.41, 5.74) is 9.38. The summed E-state index contributed by atoms with van der Waals surface area (Å²) in [5, 5.41) is 0. The van der Waals surface area contributed by atoms with Crippen molar-refractivity contribution in [3.8, 4) is 0 Å². The van der Waals surface area contributed by atoms with Crippen molar-refractivity contribution in [2.24, 2.45) is 0 Å². The SMILES string of the molecule is CCCCOC1=C(C=CC2=[N+](CCOC)c3ccc(S(=O)(=O)[O-])cc3C2(C)C)CCCC1=CC=C1N(CCOC)c2ccc(C)cc2C1(C)C. The molecule has 0 spiro atoms. The number of nitrogens with zero attached hydrogens (tertiary/aromatic N) is 2. The number of methoxy groups -OCH3 is 2. The van der Waals surface area contributed by atoms with E-state index in [4.69, 9.17) is 14.2 Å². The molecule has 0 bridgehead atoms. The van der Waals surface area contributed by atoms with Crippen molar-refractivity contribution in [1.29, 1.82) is 0 Å². The lowest BCUT2D eigenvalue weighted by Gasteiger charge is -2.27. The highest BCUT2D eigenvalue weighted by atomic mass is 32.2. The van der Waals surface area contributed by atoms with Crippen LogP contribution in [-0.4, -0.2) is 70.4 Å². The number of hydrogen-bond donors (Lipinski definition) is 0. The highest BCUT2D eigenvalue weighted by Gasteiger charge is 2.45. The maximum absolute atomic E-state index is 11.9. The molecule has 0 radical (unpaired) electrons. The van der Waals surface area contributed by atoms with Gasteiger partial charge in [-0.15, -0.1) is 0 Å². The summed E-state index contributed by atoms with van der Waals surface area (Å²) in [6.45, 7) is 16.2. The van der Waals surface area contributed by atoms with Gasteiger partial charge in [0.1, 0.15) is 22.5 Å². The molecule has 2 aromatic carbocycles. The van der Waals surface area contributed by atoms with E-state index in [0.717, 1.165) is 66.9 Å². The maximum atomic E-state index is 11.9. The van der Waals surface area contributed by atoms with E-state index in [-0.39, 0.29) is 10.3 Å². The third kappa shape index (κ3) is 7.57. The van der Waals surface area contributed by atoms with Crippen molar-refractivity contribution in [2.75, 3.05) is 52.0 Å². The molecular formula is C41H54N2O6S. The summed E-state index contributed by atoms with van der Waals surface area (Å²) >= 11 is 0. The molecule has 0 amide bonds. The van der Waals surface area contributed by atoms with Gasteiger partial charge in [-0.2, -0.15) is 4.58 Å². The first kappa shape index (κ1) is 37.7. The Bertz CT molecular complexity index is 1860. The van der Waals surface area contributed by atoms with E-state index >= 15 is 0 Å². The minimum absolute atomic E-state index is 0.173. The monoisotopic (exact) mass is 702 g/mol. The van der Waals surface area contributed by atoms with E-state index in [2.05, 4.69) is 93.5 Å². The van der Waals surface area contributed by atoms with Gasteiger partial charge >= 0.3 is 0 Å². The van der Waals surface area contributed by atoms with Crippen LogP contribution >= 0.6 is 0 Å². The topological polar surface area (TPSA) is 91.1 Å². The summed E-state index contributed by atoms with van der Waals surface area (Å²) in [4.78, 5) is 2.19. The first-order valence-corrected chi connectivity index (χ1v) is 19.2. The molecule has 2 aliphatic heterocycles. The first-order valence-electron chi connectivity index (χ1n) is 17.8. The average Bonchev–Trinajstić information content (AvgIpc) is 3.41. The van der Waals surface area contributed by atoms with Crippen LogP contribution in [0.25, 0.3) is 0 Å². The molecule has 0 fully saturated rings. The Kier molecular flexibility index (Phi) is 11.6. The molecule has 0 atom stereocenters. The van der Waals surface area contributed by atoms with E-state index < -0.39 is 15.5 Å². The van der Waals surface area contributed by atoms with Crippen molar-refractivity contribution in [2.45, 2.75) is 89.4 Å². The van der Waals surface area contributed by atoms with Crippen molar-refractivity contribution in [1.82, 2.24) is 0 Å². The van der Waals surface area contributed by atoms with Crippen molar-refractivity contribution >= 4 is 27.2 Å². The average molecular weight is 703 g/mol. The minimum atomic E-state index is -4.59. The number of rotatable bonds is 14. The Morgan fingerprint density at radius 1 is 0.920 bits per heavy atom. The van der Waals surface area contributed by atoms with Crippen LogP contribution in [0.5, 0.6) is 0 Å². The van der Waals surface area contributed by atoms with Gasteiger partial charge in [-0.3, -0.25) is 0 Å². The van der Waals surface area contributed by atoms with E-state index in [1.54, 1.807) is 20.3 Å². The molecule has 0 aromatic heterocycles. The Labute approximate surface area is 299 Å². The number of anilines is 1. The summed E-state index contributed by atoms with van der Waals surface area (Å²) in [5.74, 6) is 0.947. The lowest BCUT2D eigenvalue weighted by Crippen LogP contribution is -2.29. The van der Waals surface area contributed by atoms with Gasteiger partial charge in [-0.25, -0.2) is 8.42 Å². The van der Waals surface area contributed by atoms with Crippen LogP contribution in [0.2, 0.25) is 0 Å². The molecular weight excluding hydrogens is 649 g/mol. The summed E-state index contributed by atoms with van der Waals surface area (Å²) in [6.07, 6.45) is 13.7. The highest BCUT2D eigenvalue weighted by Crippen LogP contribution is 2.48. The summed E-state index contributed by atoms with van der Waals surface area (Å²) in [6, 6.07) is 11.4. The van der Waals surface area contributed by atoms with Gasteiger partial charge in [0.05, 0.1) is 23.5 Å². The largest absolute Gasteiger partial charge is 0.744 e. The molecule has 2 heterocycles. The summed E-state index contributed by atoms with van der Waals surface area (Å²) < 4.78 is 55.6. The van der Waals surface area contributed by atoms with Crippen molar-refractivity contribution < 1.29 is 31.8 Å². The van der Waals surface area contributed by atoms with Gasteiger partial charge in [0, 0.05) is 55.3 Å². The molecule has 270 valence electrons. The third-order valence-corrected chi connectivity index (χ3v) is 11.2. The van der Waals surface area contributed by atoms with Gasteiger partial charge in [0.15, 0.2) is 12.3 Å². The molecule has 5 rings (SSSR count). The first-order chi connectivity index (χ1) is 23.7. The Balaban J connectivity index is 1.58. The lowest BCUT2D eigenvalue weighted by atomic mass is 9.81. The molecule has 1 aliphatic carbocycles. The smallest absolute Gasteiger partial charge is 0.209 e. The fraction of sp³-hybridized carbons (Fsp3) is 0.488. The van der Waals surface area contributed by atoms with Crippen LogP contribution in [0, 0.1) is 6.92 Å². The Morgan fingerprint density at radius 3 is 2.38 bits per heavy atom. The fourth-order valence-corrected chi connectivity index (χ4v) is 8.03. The zero-order valence-electron chi connectivity index (χ0n) is 31.1. The van der Waals surface area contributed by atoms with Gasteiger partial charge in [-0.05, 0) is 93.5 Å². The van der Waals surface area contributed by atoms with E-state index in [1.807, 2.05) is 0 Å². The number of ether oxygens (including phenoxy) is 3. The van der Waals surface area contributed by atoms with Gasteiger partial charge in [0.25, 0.3) is 0 Å². The molecule has 0 unspecified atom stereocenters. The predicted molar refractivity (Wildman–Crippen MR) is 200 cm³/mol. The summed E-state index contributed by atoms with van der Waals surface area (Å²) in [7, 11) is -1.17. The molecule has 0 saturated heterocycles. The molecule has 3 aliphatic rings. The van der Waals surface area contributed by atoms with E-state index in [0.29, 0.717) is 26.4 Å². The maximum Gasteiger partial charge on any atom is 0.209 e. The number of unbranched alkanes of at least 4 members (excludes halogenated alkanes) is 1. The number of hydrogen-bond acceptors (Lipinski definition) is 7. The second kappa shape index (κ2) is 15.4.